The third-order valence-corrected chi connectivity index (χ3v) is 7.26. The number of ether oxygens (including phenoxy) is 1. The van der Waals surface area contributed by atoms with Gasteiger partial charge < -0.3 is 4.74 Å². The van der Waals surface area contributed by atoms with Crippen molar-refractivity contribution in [1.29, 1.82) is 0 Å². The molecule has 0 radical (unpaired) electrons. The molecule has 0 bridgehead atoms. The van der Waals surface area contributed by atoms with Gasteiger partial charge in [-0.2, -0.15) is 4.31 Å². The zero-order valence-corrected chi connectivity index (χ0v) is 14.2. The monoisotopic (exact) mass is 323 g/mol. The minimum absolute atomic E-state index is 0.437. The number of rotatable bonds is 5. The van der Waals surface area contributed by atoms with Gasteiger partial charge in [-0.05, 0) is 63.1 Å². The largest absolute Gasteiger partial charge is 0.493 e. The van der Waals surface area contributed by atoms with Crippen LogP contribution in [0.25, 0.3) is 0 Å². The highest BCUT2D eigenvalue weighted by Gasteiger charge is 2.42. The summed E-state index contributed by atoms with van der Waals surface area (Å²) in [7, 11) is -3.24. The van der Waals surface area contributed by atoms with Crippen molar-refractivity contribution in [3.63, 3.8) is 0 Å². The molecule has 122 valence electrons. The highest BCUT2D eigenvalue weighted by atomic mass is 32.2. The number of nitrogens with zero attached hydrogens (tertiary/aromatic N) is 1. The Labute approximate surface area is 133 Å². The van der Waals surface area contributed by atoms with Crippen LogP contribution >= 0.6 is 0 Å². The van der Waals surface area contributed by atoms with Crippen LogP contribution in [0.3, 0.4) is 0 Å². The zero-order valence-electron chi connectivity index (χ0n) is 13.4. The maximum Gasteiger partial charge on any atom is 0.219 e. The maximum atomic E-state index is 12.6. The van der Waals surface area contributed by atoms with Crippen molar-refractivity contribution in [3.8, 4) is 5.75 Å². The van der Waals surface area contributed by atoms with Crippen LogP contribution in [0.4, 0.5) is 0 Å². The van der Waals surface area contributed by atoms with Gasteiger partial charge in [-0.15, -0.1) is 0 Å². The molecule has 1 aliphatic heterocycles. The first-order valence-electron chi connectivity index (χ1n) is 8.10. The molecule has 22 heavy (non-hydrogen) atoms. The lowest BCUT2D eigenvalue weighted by Gasteiger charge is -2.37. The molecule has 0 amide bonds. The summed E-state index contributed by atoms with van der Waals surface area (Å²) in [5.74, 6) is 1.56. The second-order valence-electron chi connectivity index (χ2n) is 7.10. The van der Waals surface area contributed by atoms with Crippen LogP contribution in [0.2, 0.25) is 0 Å². The van der Waals surface area contributed by atoms with Crippen molar-refractivity contribution >= 4 is 10.0 Å². The molecular weight excluding hydrogens is 298 g/mol. The van der Waals surface area contributed by atoms with Crippen molar-refractivity contribution in [3.05, 3.63) is 29.8 Å². The Bertz CT molecular complexity index is 635. The first kappa shape index (κ1) is 15.8. The third kappa shape index (κ3) is 3.30. The Morgan fingerprint density at radius 2 is 2.09 bits per heavy atom. The molecule has 0 unspecified atom stereocenters. The lowest BCUT2D eigenvalue weighted by molar-refractivity contribution is 0.298. The molecule has 1 saturated heterocycles. The number of hydrogen-bond donors (Lipinski definition) is 0. The van der Waals surface area contributed by atoms with Crippen LogP contribution in [-0.2, 0) is 16.6 Å². The Hall–Kier alpha value is -1.07. The van der Waals surface area contributed by atoms with Gasteiger partial charge in [0.1, 0.15) is 5.75 Å². The van der Waals surface area contributed by atoms with Crippen LogP contribution in [0, 0.1) is 5.92 Å². The van der Waals surface area contributed by atoms with Crippen LogP contribution in [0.5, 0.6) is 5.75 Å². The molecule has 1 saturated carbocycles. The van der Waals surface area contributed by atoms with E-state index < -0.39 is 14.8 Å². The van der Waals surface area contributed by atoms with Gasteiger partial charge >= 0.3 is 0 Å². The van der Waals surface area contributed by atoms with Crippen LogP contribution < -0.4 is 4.74 Å². The molecule has 1 aromatic carbocycles. The molecule has 1 heterocycles. The minimum Gasteiger partial charge on any atom is -0.493 e. The molecular formula is C17H25NO3S. The van der Waals surface area contributed by atoms with E-state index in [0.29, 0.717) is 19.0 Å². The maximum absolute atomic E-state index is 12.6. The van der Waals surface area contributed by atoms with Gasteiger partial charge in [-0.25, -0.2) is 8.42 Å². The highest BCUT2D eigenvalue weighted by Crippen LogP contribution is 2.33. The zero-order chi connectivity index (χ0) is 15.8. The number of hydrogen-bond acceptors (Lipinski definition) is 3. The number of sulfonamides is 1. The molecule has 3 rings (SSSR count). The van der Waals surface area contributed by atoms with Crippen molar-refractivity contribution in [2.75, 3.05) is 13.2 Å². The first-order valence-corrected chi connectivity index (χ1v) is 9.54. The van der Waals surface area contributed by atoms with E-state index in [-0.39, 0.29) is 0 Å². The van der Waals surface area contributed by atoms with Crippen molar-refractivity contribution in [2.45, 2.75) is 50.8 Å². The SMILES string of the molecule is CC1(C)CCCN(Cc2cccc(OCC3CC3)c2)S1(=O)=O. The third-order valence-electron chi connectivity index (χ3n) is 4.66. The van der Waals surface area contributed by atoms with Gasteiger partial charge in [0.05, 0.1) is 11.4 Å². The van der Waals surface area contributed by atoms with E-state index >= 15 is 0 Å². The van der Waals surface area contributed by atoms with Gasteiger partial charge in [0, 0.05) is 13.1 Å². The van der Waals surface area contributed by atoms with Gasteiger partial charge in [-0.3, -0.25) is 0 Å². The van der Waals surface area contributed by atoms with Crippen LogP contribution in [0.1, 0.15) is 45.1 Å². The fraction of sp³-hybridized carbons (Fsp3) is 0.647. The quantitative estimate of drug-likeness (QED) is 0.836. The summed E-state index contributed by atoms with van der Waals surface area (Å²) in [5, 5.41) is 0. The Balaban J connectivity index is 1.70. The smallest absolute Gasteiger partial charge is 0.219 e. The average molecular weight is 323 g/mol. The molecule has 0 spiro atoms. The average Bonchev–Trinajstić information content (AvgIpc) is 3.27. The summed E-state index contributed by atoms with van der Waals surface area (Å²) in [6, 6.07) is 7.83. The fourth-order valence-corrected chi connectivity index (χ4v) is 4.67. The highest BCUT2D eigenvalue weighted by molar-refractivity contribution is 7.90. The molecule has 2 aliphatic rings. The van der Waals surface area contributed by atoms with Crippen molar-refractivity contribution in [2.24, 2.45) is 5.92 Å². The van der Waals surface area contributed by atoms with Gasteiger partial charge in [0.2, 0.25) is 10.0 Å². The molecule has 1 aliphatic carbocycles. The molecule has 5 heteroatoms. The second kappa shape index (κ2) is 5.85. The molecule has 0 atom stereocenters. The Morgan fingerprint density at radius 1 is 1.32 bits per heavy atom. The summed E-state index contributed by atoms with van der Waals surface area (Å²) in [6.45, 7) is 5.47. The summed E-state index contributed by atoms with van der Waals surface area (Å²) >= 11 is 0. The molecule has 0 aromatic heterocycles. The fourth-order valence-electron chi connectivity index (χ4n) is 2.88. The normalized spacial score (nSPS) is 24.1. The van der Waals surface area contributed by atoms with Crippen LogP contribution in [0.15, 0.2) is 24.3 Å². The predicted molar refractivity (Wildman–Crippen MR) is 87.3 cm³/mol. The van der Waals surface area contributed by atoms with Gasteiger partial charge in [0.25, 0.3) is 0 Å². The lowest BCUT2D eigenvalue weighted by Crippen LogP contribution is -2.48. The molecule has 1 aromatic rings. The van der Waals surface area contributed by atoms with E-state index in [2.05, 4.69) is 0 Å². The van der Waals surface area contributed by atoms with E-state index in [1.165, 1.54) is 12.8 Å². The molecule has 0 N–H and O–H groups in total. The summed E-state index contributed by atoms with van der Waals surface area (Å²) in [4.78, 5) is 0. The van der Waals surface area contributed by atoms with Crippen molar-refractivity contribution < 1.29 is 13.2 Å². The van der Waals surface area contributed by atoms with E-state index in [1.54, 1.807) is 4.31 Å². The lowest BCUT2D eigenvalue weighted by atomic mass is 10.1. The van der Waals surface area contributed by atoms with Gasteiger partial charge in [-0.1, -0.05) is 12.1 Å². The van der Waals surface area contributed by atoms with E-state index in [1.807, 2.05) is 38.1 Å². The summed E-state index contributed by atoms with van der Waals surface area (Å²) in [5.41, 5.74) is 0.995. The van der Waals surface area contributed by atoms with E-state index in [0.717, 1.165) is 30.8 Å². The Morgan fingerprint density at radius 3 is 2.82 bits per heavy atom. The van der Waals surface area contributed by atoms with Crippen LogP contribution in [-0.4, -0.2) is 30.6 Å². The first-order chi connectivity index (χ1) is 10.4. The molecule has 4 nitrogen and oxygen atoms in total. The Kier molecular flexibility index (Phi) is 4.21. The standard InChI is InChI=1S/C17H25NO3S/c1-17(2)9-4-10-18(22(17,19)20)12-15-5-3-6-16(11-15)21-13-14-7-8-14/h3,5-6,11,14H,4,7-10,12-13H2,1-2H3. The molecule has 2 fully saturated rings. The number of benzene rings is 1. The van der Waals surface area contributed by atoms with E-state index in [4.69, 9.17) is 4.74 Å². The summed E-state index contributed by atoms with van der Waals surface area (Å²) < 4.78 is 32.0. The van der Waals surface area contributed by atoms with Crippen molar-refractivity contribution in [1.82, 2.24) is 4.31 Å². The predicted octanol–water partition coefficient (Wildman–Crippen LogP) is 3.18. The minimum atomic E-state index is -3.24. The topological polar surface area (TPSA) is 46.6 Å². The summed E-state index contributed by atoms with van der Waals surface area (Å²) in [6.07, 6.45) is 4.18. The van der Waals surface area contributed by atoms with Gasteiger partial charge in [0.15, 0.2) is 0 Å². The second-order valence-corrected chi connectivity index (χ2v) is 9.68. The van der Waals surface area contributed by atoms with E-state index in [9.17, 15) is 8.42 Å².